The van der Waals surface area contributed by atoms with Gasteiger partial charge in [0.15, 0.2) is 0 Å². The fourth-order valence-corrected chi connectivity index (χ4v) is 5.00. The Kier molecular flexibility index (Phi) is 10.1. The Balaban J connectivity index is 0.00000107. The van der Waals surface area contributed by atoms with Crippen LogP contribution in [-0.4, -0.2) is 38.8 Å². The van der Waals surface area contributed by atoms with Gasteiger partial charge in [0.05, 0.1) is 50.4 Å². The minimum Gasteiger partial charge on any atom is -0.333 e. The van der Waals surface area contributed by atoms with E-state index in [1.165, 1.54) is 0 Å². The predicted molar refractivity (Wildman–Crippen MR) is 154 cm³/mol. The molecule has 0 atom stereocenters. The molecule has 0 aromatic heterocycles. The van der Waals surface area contributed by atoms with Crippen LogP contribution in [0.25, 0.3) is 0 Å². The van der Waals surface area contributed by atoms with Crippen molar-refractivity contribution in [3.05, 3.63) is 119 Å². The Morgan fingerprint density at radius 2 is 0.457 bits per heavy atom. The van der Waals surface area contributed by atoms with Crippen molar-refractivity contribution in [2.24, 2.45) is 0 Å². The molecule has 0 aliphatic heterocycles. The molecule has 0 spiro atoms. The molecule has 248 valence electrons. The fourth-order valence-electron chi connectivity index (χ4n) is 5.00. The van der Waals surface area contributed by atoms with E-state index in [1.807, 2.05) is 0 Å². The molecule has 46 heavy (non-hydrogen) atoms. The molecular weight excluding hydrogens is 637 g/mol. The van der Waals surface area contributed by atoms with Crippen molar-refractivity contribution < 1.29 is 57.2 Å². The number of hydrogen-bond acceptors (Lipinski definition) is 0. The van der Waals surface area contributed by atoms with E-state index in [1.54, 1.807) is 0 Å². The van der Waals surface area contributed by atoms with Gasteiger partial charge in [-0.3, -0.25) is 0 Å². The first-order valence-electron chi connectivity index (χ1n) is 13.5. The Labute approximate surface area is 257 Å². The summed E-state index contributed by atoms with van der Waals surface area (Å²) in [6, 6.07) is 13.6. The van der Waals surface area contributed by atoms with Crippen molar-refractivity contribution in [2.45, 2.75) is 24.7 Å². The average molecular weight is 665 g/mol. The third kappa shape index (κ3) is 8.65. The van der Waals surface area contributed by atoms with Gasteiger partial charge in [-0.15, -0.1) is 0 Å². The van der Waals surface area contributed by atoms with E-state index >= 15 is 0 Å². The predicted octanol–water partition coefficient (Wildman–Crippen LogP) is 7.46. The first-order chi connectivity index (χ1) is 20.8. The summed E-state index contributed by atoms with van der Waals surface area (Å²) in [6.07, 6.45) is -22.0. The van der Waals surface area contributed by atoms with Gasteiger partial charge in [-0.2, -0.15) is 74.5 Å². The Morgan fingerprint density at radius 3 is 0.565 bits per heavy atom. The number of quaternary nitrogens is 1. The zero-order valence-electron chi connectivity index (χ0n) is 24.8. The molecule has 0 fully saturated rings. The van der Waals surface area contributed by atoms with E-state index in [0.29, 0.717) is 48.5 Å². The molecule has 0 saturated carbocycles. The molecule has 4 rings (SSSR count). The summed E-state index contributed by atoms with van der Waals surface area (Å²) < 4.78 is 161. The van der Waals surface area contributed by atoms with Gasteiger partial charge in [-0.25, -0.2) is 0 Å². The van der Waals surface area contributed by atoms with Crippen molar-refractivity contribution in [1.29, 1.82) is 0 Å². The number of halogens is 12. The molecule has 14 heteroatoms. The fraction of sp³-hybridized carbons (Fsp3) is 0.250. The first-order valence-corrected chi connectivity index (χ1v) is 13.5. The number of rotatable bonds is 4. The van der Waals surface area contributed by atoms with Gasteiger partial charge in [-0.05, 0) is 0 Å². The normalized spacial score (nSPS) is 13.2. The Morgan fingerprint density at radius 1 is 0.326 bits per heavy atom. The second kappa shape index (κ2) is 12.7. The van der Waals surface area contributed by atoms with Crippen LogP contribution in [0, 0.1) is 0 Å². The van der Waals surface area contributed by atoms with Gasteiger partial charge in [0, 0.05) is 0 Å². The third-order valence-electron chi connectivity index (χ3n) is 6.95. The SMILES string of the molecule is C[N+](C)(C)C.FC(F)(F)c1ccc([B-](c2ccc(C(F)(F)F)cc2)(c2ccc(C(F)(F)F)cc2)c2ccc(C(F)(F)F)cc2)cc1. The summed E-state index contributed by atoms with van der Waals surface area (Å²) in [5.74, 6) is 0. The highest BCUT2D eigenvalue weighted by Crippen LogP contribution is 2.32. The molecule has 0 heterocycles. The van der Waals surface area contributed by atoms with E-state index in [2.05, 4.69) is 28.2 Å². The monoisotopic (exact) mass is 665 g/mol. The van der Waals surface area contributed by atoms with Gasteiger partial charge in [-0.1, -0.05) is 97.1 Å². The Bertz CT molecular complexity index is 1330. The van der Waals surface area contributed by atoms with Crippen LogP contribution in [0.3, 0.4) is 0 Å². The molecule has 0 aliphatic carbocycles. The molecule has 0 N–H and O–H groups in total. The van der Waals surface area contributed by atoms with Gasteiger partial charge in [0.1, 0.15) is 6.15 Å². The summed E-state index contributed by atoms with van der Waals surface area (Å²) in [7, 11) is 8.50. The van der Waals surface area contributed by atoms with E-state index in [-0.39, 0.29) is 21.9 Å². The number of benzene rings is 4. The van der Waals surface area contributed by atoms with Crippen LogP contribution in [0.2, 0.25) is 0 Å². The van der Waals surface area contributed by atoms with Crippen LogP contribution < -0.4 is 21.9 Å². The lowest BCUT2D eigenvalue weighted by Crippen LogP contribution is -2.74. The van der Waals surface area contributed by atoms with Crippen LogP contribution in [-0.2, 0) is 24.7 Å². The maximum absolute atomic E-state index is 13.3. The lowest BCUT2D eigenvalue weighted by molar-refractivity contribution is -0.849. The molecule has 0 bridgehead atoms. The van der Waals surface area contributed by atoms with Gasteiger partial charge in [0.2, 0.25) is 0 Å². The molecule has 0 saturated heterocycles. The Hall–Kier alpha value is -3.94. The van der Waals surface area contributed by atoms with E-state index in [4.69, 9.17) is 0 Å². The largest absolute Gasteiger partial charge is 0.416 e. The zero-order chi connectivity index (χ0) is 34.9. The van der Waals surface area contributed by atoms with Crippen LogP contribution in [0.1, 0.15) is 22.3 Å². The zero-order valence-corrected chi connectivity index (χ0v) is 24.8. The topological polar surface area (TPSA) is 0 Å². The molecule has 1 nitrogen and oxygen atoms in total. The molecule has 0 amide bonds. The maximum Gasteiger partial charge on any atom is 0.416 e. The number of hydrogen-bond donors (Lipinski definition) is 0. The second-order valence-corrected chi connectivity index (χ2v) is 12.0. The quantitative estimate of drug-likeness (QED) is 0.121. The highest BCUT2D eigenvalue weighted by Gasteiger charge is 2.38. The molecule has 0 unspecified atom stereocenters. The lowest BCUT2D eigenvalue weighted by Gasteiger charge is -2.44. The summed E-state index contributed by atoms with van der Waals surface area (Å²) in [5, 5.41) is 0. The smallest absolute Gasteiger partial charge is 0.333 e. The van der Waals surface area contributed by atoms with Crippen molar-refractivity contribution in [1.82, 2.24) is 0 Å². The summed E-state index contributed by atoms with van der Waals surface area (Å²) in [6.45, 7) is 0. The molecule has 4 aromatic rings. The van der Waals surface area contributed by atoms with E-state index in [9.17, 15) is 52.7 Å². The lowest BCUT2D eigenvalue weighted by atomic mass is 9.13. The van der Waals surface area contributed by atoms with Crippen LogP contribution in [0.4, 0.5) is 52.7 Å². The highest BCUT2D eigenvalue weighted by molar-refractivity contribution is 7.19. The number of nitrogens with zero attached hydrogens (tertiary/aromatic N) is 1. The maximum atomic E-state index is 13.3. The van der Waals surface area contributed by atoms with Crippen LogP contribution in [0.5, 0.6) is 0 Å². The number of alkyl halides is 12. The first kappa shape index (κ1) is 36.5. The second-order valence-electron chi connectivity index (χ2n) is 12.0. The summed E-state index contributed by atoms with van der Waals surface area (Å²) in [4.78, 5) is 0. The van der Waals surface area contributed by atoms with Crippen molar-refractivity contribution in [2.75, 3.05) is 28.2 Å². The van der Waals surface area contributed by atoms with Gasteiger partial charge < -0.3 is 4.48 Å². The molecular formula is C32H28BF12N. The van der Waals surface area contributed by atoms with E-state index < -0.39 is 53.1 Å². The highest BCUT2D eigenvalue weighted by atomic mass is 19.4. The van der Waals surface area contributed by atoms with Crippen LogP contribution >= 0.6 is 0 Å². The van der Waals surface area contributed by atoms with Crippen molar-refractivity contribution in [3.63, 3.8) is 0 Å². The van der Waals surface area contributed by atoms with Gasteiger partial charge >= 0.3 is 24.7 Å². The minimum absolute atomic E-state index is 0.0114. The van der Waals surface area contributed by atoms with Gasteiger partial charge in [0.25, 0.3) is 0 Å². The molecule has 0 aliphatic rings. The van der Waals surface area contributed by atoms with E-state index in [0.717, 1.165) is 53.0 Å². The summed E-state index contributed by atoms with van der Waals surface area (Å²) >= 11 is 0. The average Bonchev–Trinajstić information content (AvgIpc) is 2.92. The summed E-state index contributed by atoms with van der Waals surface area (Å²) in [5.41, 5.74) is -4.29. The minimum atomic E-state index is -4.77. The molecule has 4 aromatic carbocycles. The third-order valence-corrected chi connectivity index (χ3v) is 6.95. The molecule has 0 radical (unpaired) electrons. The standard InChI is InChI=1S/C28H16BF12.C4H12N/c30-25(31,32)17-1-9-21(10-2-17)29(22-11-3-18(4-12-22)26(33,34)35,23-13-5-19(6-14-23)27(36,37)38)24-15-7-20(8-16-24)28(39,40)41;1-5(2,3)4/h1-16H;1-4H3/q-1;+1. The van der Waals surface area contributed by atoms with Crippen LogP contribution in [0.15, 0.2) is 97.1 Å². The van der Waals surface area contributed by atoms with Crippen molar-refractivity contribution >= 4 is 28.0 Å². The van der Waals surface area contributed by atoms with Crippen molar-refractivity contribution in [3.8, 4) is 0 Å².